The van der Waals surface area contributed by atoms with Crippen molar-refractivity contribution >= 4 is 21.4 Å². The predicted molar refractivity (Wildman–Crippen MR) is 97.9 cm³/mol. The summed E-state index contributed by atoms with van der Waals surface area (Å²) in [6.07, 6.45) is 0. The van der Waals surface area contributed by atoms with Crippen LogP contribution in [0.15, 0.2) is 70.4 Å². The molecule has 0 N–H and O–H groups in total. The molecule has 0 fully saturated rings. The number of aromatic nitrogens is 1. The minimum absolute atomic E-state index is 0.00331. The Morgan fingerprint density at radius 3 is 2.52 bits per heavy atom. The normalized spacial score (nSPS) is 18.0. The van der Waals surface area contributed by atoms with Gasteiger partial charge in [0.1, 0.15) is 0 Å². The third-order valence-electron chi connectivity index (χ3n) is 4.60. The Kier molecular flexibility index (Phi) is 4.19. The smallest absolute Gasteiger partial charge is 0.207 e. The lowest BCUT2D eigenvalue weighted by molar-refractivity contribution is -0.722. The van der Waals surface area contributed by atoms with Crippen LogP contribution in [-0.4, -0.2) is 19.3 Å². The van der Waals surface area contributed by atoms with E-state index in [0.717, 1.165) is 16.8 Å². The van der Waals surface area contributed by atoms with Gasteiger partial charge in [-0.25, -0.2) is 8.42 Å². The molecule has 128 valence electrons. The fraction of sp³-hybridized carbons (Fsp3) is 0.211. The van der Waals surface area contributed by atoms with Gasteiger partial charge >= 0.3 is 0 Å². The standard InChI is InChI=1S/C19H19N2O2S2/c1-15-7-9-18(10-8-15)25(22,23)20-11-17-13-24-14-21(17)19(12-20)16-5-3-2-4-6-16/h2-10,13-14,19H,11-12H2,1H3/q+1/t19-/m1/s1. The van der Waals surface area contributed by atoms with Gasteiger partial charge in [-0.15, -0.1) is 0 Å². The van der Waals surface area contributed by atoms with Gasteiger partial charge in [0.25, 0.3) is 0 Å². The Morgan fingerprint density at radius 1 is 1.08 bits per heavy atom. The number of aryl methyl sites for hydroxylation is 1. The third kappa shape index (κ3) is 3.01. The lowest BCUT2D eigenvalue weighted by Gasteiger charge is -2.28. The second-order valence-corrected chi connectivity index (χ2v) is 8.95. The van der Waals surface area contributed by atoms with E-state index in [1.54, 1.807) is 27.8 Å². The van der Waals surface area contributed by atoms with E-state index < -0.39 is 10.0 Å². The number of thiazole rings is 1. The molecular formula is C19H19N2O2S2+. The summed E-state index contributed by atoms with van der Waals surface area (Å²) in [5.41, 5.74) is 5.27. The van der Waals surface area contributed by atoms with Crippen molar-refractivity contribution in [1.29, 1.82) is 0 Å². The molecule has 0 saturated carbocycles. The molecule has 1 aliphatic heterocycles. The summed E-state index contributed by atoms with van der Waals surface area (Å²) in [5.74, 6) is 0. The quantitative estimate of drug-likeness (QED) is 0.664. The number of nitrogens with zero attached hydrogens (tertiary/aromatic N) is 2. The molecule has 25 heavy (non-hydrogen) atoms. The number of fused-ring (bicyclic) bond motifs is 1. The number of hydrogen-bond acceptors (Lipinski definition) is 3. The van der Waals surface area contributed by atoms with Gasteiger partial charge in [0.05, 0.1) is 23.4 Å². The maximum Gasteiger partial charge on any atom is 0.243 e. The number of hydrogen-bond donors (Lipinski definition) is 0. The summed E-state index contributed by atoms with van der Waals surface area (Å²) in [6.45, 7) is 2.80. The van der Waals surface area contributed by atoms with Gasteiger partial charge in [-0.3, -0.25) is 0 Å². The molecule has 0 bridgehead atoms. The molecule has 0 radical (unpaired) electrons. The highest BCUT2D eigenvalue weighted by Gasteiger charge is 2.39. The van der Waals surface area contributed by atoms with Crippen molar-refractivity contribution in [2.45, 2.75) is 24.4 Å². The maximum absolute atomic E-state index is 13.1. The van der Waals surface area contributed by atoms with Crippen molar-refractivity contribution in [3.8, 4) is 0 Å². The van der Waals surface area contributed by atoms with Crippen LogP contribution in [0.25, 0.3) is 0 Å². The minimum atomic E-state index is -3.52. The van der Waals surface area contributed by atoms with Crippen molar-refractivity contribution in [3.63, 3.8) is 0 Å². The minimum Gasteiger partial charge on any atom is -0.207 e. The summed E-state index contributed by atoms with van der Waals surface area (Å²) < 4.78 is 30.0. The zero-order chi connectivity index (χ0) is 17.4. The highest BCUT2D eigenvalue weighted by atomic mass is 32.2. The van der Waals surface area contributed by atoms with Crippen LogP contribution < -0.4 is 4.57 Å². The van der Waals surface area contributed by atoms with Crippen molar-refractivity contribution in [2.75, 3.05) is 6.54 Å². The maximum atomic E-state index is 13.1. The highest BCUT2D eigenvalue weighted by molar-refractivity contribution is 7.89. The Morgan fingerprint density at radius 2 is 1.80 bits per heavy atom. The zero-order valence-electron chi connectivity index (χ0n) is 13.9. The van der Waals surface area contributed by atoms with Crippen molar-refractivity contribution in [2.24, 2.45) is 0 Å². The van der Waals surface area contributed by atoms with E-state index in [0.29, 0.717) is 18.0 Å². The van der Waals surface area contributed by atoms with Crippen LogP contribution in [0.1, 0.15) is 22.9 Å². The summed E-state index contributed by atoms with van der Waals surface area (Å²) in [4.78, 5) is 0.355. The molecule has 2 heterocycles. The van der Waals surface area contributed by atoms with Crippen LogP contribution >= 0.6 is 11.3 Å². The first kappa shape index (κ1) is 16.4. The number of rotatable bonds is 3. The van der Waals surface area contributed by atoms with Gasteiger partial charge in [-0.05, 0) is 19.1 Å². The molecule has 6 heteroatoms. The molecule has 4 rings (SSSR count). The number of benzene rings is 2. The molecule has 0 spiro atoms. The van der Waals surface area contributed by atoms with Crippen LogP contribution in [0.5, 0.6) is 0 Å². The molecule has 3 aromatic rings. The van der Waals surface area contributed by atoms with Crippen LogP contribution in [0.2, 0.25) is 0 Å². The van der Waals surface area contributed by atoms with Crippen LogP contribution in [0, 0.1) is 6.92 Å². The monoisotopic (exact) mass is 371 g/mol. The van der Waals surface area contributed by atoms with E-state index in [-0.39, 0.29) is 6.04 Å². The van der Waals surface area contributed by atoms with E-state index in [1.807, 2.05) is 42.6 Å². The summed E-state index contributed by atoms with van der Waals surface area (Å²) in [7, 11) is -3.52. The molecule has 2 aromatic carbocycles. The molecule has 1 atom stereocenters. The summed E-state index contributed by atoms with van der Waals surface area (Å²) in [5, 5.41) is 2.03. The fourth-order valence-corrected chi connectivity index (χ4v) is 5.45. The largest absolute Gasteiger partial charge is 0.243 e. The van der Waals surface area contributed by atoms with Gasteiger partial charge in [0.15, 0.2) is 6.04 Å². The molecular weight excluding hydrogens is 352 g/mol. The molecule has 4 nitrogen and oxygen atoms in total. The van der Waals surface area contributed by atoms with Crippen molar-refractivity contribution < 1.29 is 13.0 Å². The highest BCUT2D eigenvalue weighted by Crippen LogP contribution is 2.27. The van der Waals surface area contributed by atoms with E-state index in [1.165, 1.54) is 0 Å². The molecule has 0 unspecified atom stereocenters. The summed E-state index contributed by atoms with van der Waals surface area (Å²) >= 11 is 1.61. The topological polar surface area (TPSA) is 41.3 Å². The van der Waals surface area contributed by atoms with E-state index >= 15 is 0 Å². The Hall–Kier alpha value is -2.02. The average molecular weight is 372 g/mol. The molecule has 0 saturated heterocycles. The third-order valence-corrected chi connectivity index (χ3v) is 7.19. The van der Waals surface area contributed by atoms with Gasteiger partial charge < -0.3 is 0 Å². The Balaban J connectivity index is 1.74. The van der Waals surface area contributed by atoms with Gasteiger partial charge in [-0.1, -0.05) is 59.4 Å². The SMILES string of the molecule is Cc1ccc(S(=O)(=O)N2Cc3csc[n+]3[C@@H](c3ccccc3)C2)cc1. The van der Waals surface area contributed by atoms with Crippen LogP contribution in [-0.2, 0) is 16.6 Å². The van der Waals surface area contributed by atoms with Crippen LogP contribution in [0.4, 0.5) is 0 Å². The lowest BCUT2D eigenvalue weighted by atomic mass is 10.1. The zero-order valence-corrected chi connectivity index (χ0v) is 15.5. The molecule has 0 amide bonds. The first-order chi connectivity index (χ1) is 12.1. The van der Waals surface area contributed by atoms with E-state index in [2.05, 4.69) is 22.2 Å². The van der Waals surface area contributed by atoms with Crippen molar-refractivity contribution in [3.05, 3.63) is 82.3 Å². The van der Waals surface area contributed by atoms with Crippen LogP contribution in [0.3, 0.4) is 0 Å². The van der Waals surface area contributed by atoms with Gasteiger partial charge in [0, 0.05) is 5.56 Å². The van der Waals surface area contributed by atoms with Crippen molar-refractivity contribution in [1.82, 2.24) is 4.31 Å². The summed E-state index contributed by atoms with van der Waals surface area (Å²) in [6, 6.07) is 17.2. The molecule has 1 aliphatic rings. The van der Waals surface area contributed by atoms with Gasteiger partial charge in [-0.2, -0.15) is 8.87 Å². The molecule has 1 aromatic heterocycles. The first-order valence-electron chi connectivity index (χ1n) is 8.14. The fourth-order valence-electron chi connectivity index (χ4n) is 3.21. The van der Waals surface area contributed by atoms with Gasteiger partial charge in [0.2, 0.25) is 21.2 Å². The van der Waals surface area contributed by atoms with E-state index in [4.69, 9.17) is 0 Å². The average Bonchev–Trinajstić information content (AvgIpc) is 3.10. The second kappa shape index (κ2) is 6.37. The van der Waals surface area contributed by atoms with E-state index in [9.17, 15) is 8.42 Å². The second-order valence-electron chi connectivity index (χ2n) is 6.30. The molecule has 0 aliphatic carbocycles. The Labute approximate surface area is 152 Å². The predicted octanol–water partition coefficient (Wildman–Crippen LogP) is 3.14. The Bertz CT molecular complexity index is 980. The number of sulfonamides is 1. The first-order valence-corrected chi connectivity index (χ1v) is 10.5. The lowest BCUT2D eigenvalue weighted by Crippen LogP contribution is -2.54.